The number of ether oxygens (including phenoxy) is 2. The predicted molar refractivity (Wildman–Crippen MR) is 94.9 cm³/mol. The van der Waals surface area contributed by atoms with Crippen LogP contribution in [0.3, 0.4) is 0 Å². The molecule has 0 aromatic heterocycles. The van der Waals surface area contributed by atoms with Gasteiger partial charge in [0.1, 0.15) is 17.1 Å². The fourth-order valence-corrected chi connectivity index (χ4v) is 2.40. The van der Waals surface area contributed by atoms with Crippen LogP contribution >= 0.6 is 0 Å². The molecule has 0 saturated carbocycles. The number of rotatable bonds is 7. The Morgan fingerprint density at radius 2 is 1.63 bits per heavy atom. The summed E-state index contributed by atoms with van der Waals surface area (Å²) < 4.78 is 9.52. The van der Waals surface area contributed by atoms with Crippen molar-refractivity contribution in [1.82, 2.24) is 10.9 Å². The summed E-state index contributed by atoms with van der Waals surface area (Å²) in [5.41, 5.74) is 3.92. The zero-order valence-electron chi connectivity index (χ0n) is 14.8. The summed E-state index contributed by atoms with van der Waals surface area (Å²) in [7, 11) is 0. The molecule has 0 unspecified atom stereocenters. The van der Waals surface area contributed by atoms with Gasteiger partial charge in [0.2, 0.25) is 6.04 Å². The first-order chi connectivity index (χ1) is 12.9. The minimum atomic E-state index is -1.60. The van der Waals surface area contributed by atoms with E-state index in [1.165, 1.54) is 6.07 Å². The second kappa shape index (κ2) is 8.86. The van der Waals surface area contributed by atoms with Gasteiger partial charge in [0.15, 0.2) is 0 Å². The normalized spacial score (nSPS) is 10.6. The summed E-state index contributed by atoms with van der Waals surface area (Å²) in [6.07, 6.45) is 0. The highest BCUT2D eigenvalue weighted by molar-refractivity contribution is 6.06. The summed E-state index contributed by atoms with van der Waals surface area (Å²) in [6, 6.07) is 6.33. The number of esters is 2. The Kier molecular flexibility index (Phi) is 6.56. The molecule has 0 bridgehead atoms. The van der Waals surface area contributed by atoms with Crippen LogP contribution in [-0.4, -0.2) is 47.3 Å². The lowest BCUT2D eigenvalue weighted by Gasteiger charge is -2.17. The maximum absolute atomic E-state index is 12.4. The molecule has 2 rings (SSSR count). The molecule has 0 fully saturated rings. The van der Waals surface area contributed by atoms with Gasteiger partial charge in [-0.3, -0.25) is 10.2 Å². The van der Waals surface area contributed by atoms with E-state index in [1.807, 2.05) is 0 Å². The first-order valence-corrected chi connectivity index (χ1v) is 8.23. The third-order valence-corrected chi connectivity index (χ3v) is 3.60. The van der Waals surface area contributed by atoms with Crippen LogP contribution in [0.1, 0.15) is 24.2 Å². The SMILES string of the molecule is CCOC(=O)C(NNC(=O)c1c(O)cc2ccccc2c1O)C(=O)OCC. The number of hydrazine groups is 1. The molecule has 4 N–H and O–H groups in total. The van der Waals surface area contributed by atoms with Gasteiger partial charge in [-0.05, 0) is 25.3 Å². The number of phenolic OH excluding ortho intramolecular Hbond substituents is 2. The third-order valence-electron chi connectivity index (χ3n) is 3.60. The van der Waals surface area contributed by atoms with Gasteiger partial charge >= 0.3 is 11.9 Å². The monoisotopic (exact) mass is 376 g/mol. The second-order valence-electron chi connectivity index (χ2n) is 5.38. The van der Waals surface area contributed by atoms with Crippen LogP contribution in [0.5, 0.6) is 11.5 Å². The number of hydrogen-bond donors (Lipinski definition) is 4. The molecule has 27 heavy (non-hydrogen) atoms. The summed E-state index contributed by atoms with van der Waals surface area (Å²) in [5, 5.41) is 21.3. The number of carbonyl (C=O) groups excluding carboxylic acids is 3. The fraction of sp³-hybridized carbons (Fsp3) is 0.278. The number of phenols is 2. The van der Waals surface area contributed by atoms with Crippen LogP contribution in [-0.2, 0) is 19.1 Å². The molecule has 1 amide bonds. The van der Waals surface area contributed by atoms with Crippen LogP contribution < -0.4 is 10.9 Å². The molecule has 0 aliphatic rings. The number of nitrogens with one attached hydrogen (secondary N) is 2. The van der Waals surface area contributed by atoms with Crippen molar-refractivity contribution in [3.63, 3.8) is 0 Å². The topological polar surface area (TPSA) is 134 Å². The first kappa shape index (κ1) is 20.0. The Morgan fingerprint density at radius 1 is 1.04 bits per heavy atom. The molecule has 0 heterocycles. The van der Waals surface area contributed by atoms with Crippen LogP contribution in [0.15, 0.2) is 30.3 Å². The Bertz CT molecular complexity index is 848. The maximum Gasteiger partial charge on any atom is 0.336 e. The molecular formula is C18H20N2O7. The molecule has 9 heteroatoms. The van der Waals surface area contributed by atoms with Crippen molar-refractivity contribution in [3.05, 3.63) is 35.9 Å². The highest BCUT2D eigenvalue weighted by Crippen LogP contribution is 2.35. The number of aromatic hydroxyl groups is 2. The van der Waals surface area contributed by atoms with Crippen molar-refractivity contribution < 1.29 is 34.1 Å². The minimum absolute atomic E-state index is 0.0244. The van der Waals surface area contributed by atoms with Crippen molar-refractivity contribution in [3.8, 4) is 11.5 Å². The highest BCUT2D eigenvalue weighted by atomic mass is 16.6. The average Bonchev–Trinajstić information content (AvgIpc) is 2.62. The molecule has 0 aliphatic carbocycles. The zero-order valence-corrected chi connectivity index (χ0v) is 14.8. The Morgan fingerprint density at radius 3 is 2.22 bits per heavy atom. The lowest BCUT2D eigenvalue weighted by molar-refractivity contribution is -0.158. The van der Waals surface area contributed by atoms with Gasteiger partial charge in [-0.1, -0.05) is 24.3 Å². The van der Waals surface area contributed by atoms with Crippen molar-refractivity contribution >= 4 is 28.6 Å². The van der Waals surface area contributed by atoms with Gasteiger partial charge in [0.05, 0.1) is 13.2 Å². The zero-order chi connectivity index (χ0) is 20.0. The third kappa shape index (κ3) is 4.45. The average molecular weight is 376 g/mol. The number of amides is 1. The van der Waals surface area contributed by atoms with E-state index >= 15 is 0 Å². The lowest BCUT2D eigenvalue weighted by Crippen LogP contribution is -2.53. The molecule has 9 nitrogen and oxygen atoms in total. The number of carbonyl (C=O) groups is 3. The number of benzene rings is 2. The second-order valence-corrected chi connectivity index (χ2v) is 5.38. The summed E-state index contributed by atoms with van der Waals surface area (Å²) in [4.78, 5) is 36.2. The molecule has 0 atom stereocenters. The van der Waals surface area contributed by atoms with Crippen LogP contribution in [0.4, 0.5) is 0 Å². The molecule has 144 valence electrons. The van der Waals surface area contributed by atoms with E-state index in [1.54, 1.807) is 38.1 Å². The van der Waals surface area contributed by atoms with E-state index in [2.05, 4.69) is 10.9 Å². The summed E-state index contributed by atoms with van der Waals surface area (Å²) >= 11 is 0. The number of fused-ring (bicyclic) bond motifs is 1. The summed E-state index contributed by atoms with van der Waals surface area (Å²) in [5.74, 6) is -3.73. The van der Waals surface area contributed by atoms with Crippen LogP contribution in [0.25, 0.3) is 10.8 Å². The van der Waals surface area contributed by atoms with E-state index in [4.69, 9.17) is 9.47 Å². The molecule has 2 aromatic rings. The molecular weight excluding hydrogens is 356 g/mol. The van der Waals surface area contributed by atoms with Gasteiger partial charge in [-0.25, -0.2) is 15.0 Å². The molecule has 0 saturated heterocycles. The highest BCUT2D eigenvalue weighted by Gasteiger charge is 2.30. The van der Waals surface area contributed by atoms with Gasteiger partial charge in [-0.2, -0.15) is 0 Å². The van der Waals surface area contributed by atoms with Crippen molar-refractivity contribution in [1.29, 1.82) is 0 Å². The Balaban J connectivity index is 2.23. The van der Waals surface area contributed by atoms with Crippen LogP contribution in [0.2, 0.25) is 0 Å². The van der Waals surface area contributed by atoms with Crippen molar-refractivity contribution in [2.45, 2.75) is 19.9 Å². The predicted octanol–water partition coefficient (Wildman–Crippen LogP) is 0.980. The quantitative estimate of drug-likeness (QED) is 0.319. The number of hydrogen-bond acceptors (Lipinski definition) is 8. The summed E-state index contributed by atoms with van der Waals surface area (Å²) in [6.45, 7) is 3.17. The molecule has 0 aliphatic heterocycles. The standard InChI is InChI=1S/C18H20N2O7/c1-3-26-17(24)14(18(25)27-4-2)19-20-16(23)13-12(21)9-10-7-5-6-8-11(10)15(13)22/h5-9,14,19,21-22H,3-4H2,1-2H3,(H,20,23). The Hall–Kier alpha value is -3.33. The first-order valence-electron chi connectivity index (χ1n) is 8.23. The smallest absolute Gasteiger partial charge is 0.336 e. The largest absolute Gasteiger partial charge is 0.507 e. The van der Waals surface area contributed by atoms with Crippen LogP contribution in [0, 0.1) is 0 Å². The Labute approximate surface area is 154 Å². The molecule has 0 spiro atoms. The minimum Gasteiger partial charge on any atom is -0.507 e. The fourth-order valence-electron chi connectivity index (χ4n) is 2.40. The van der Waals surface area contributed by atoms with E-state index in [0.29, 0.717) is 10.8 Å². The maximum atomic E-state index is 12.4. The van der Waals surface area contributed by atoms with Crippen molar-refractivity contribution in [2.24, 2.45) is 0 Å². The van der Waals surface area contributed by atoms with Gasteiger partial charge < -0.3 is 19.7 Å². The van der Waals surface area contributed by atoms with E-state index in [0.717, 1.165) is 0 Å². The molecule has 0 radical (unpaired) electrons. The molecule has 2 aromatic carbocycles. The van der Waals surface area contributed by atoms with E-state index < -0.39 is 41.0 Å². The lowest BCUT2D eigenvalue weighted by atomic mass is 10.0. The van der Waals surface area contributed by atoms with Gasteiger partial charge in [0, 0.05) is 5.39 Å². The van der Waals surface area contributed by atoms with Gasteiger partial charge in [-0.15, -0.1) is 0 Å². The van der Waals surface area contributed by atoms with E-state index in [9.17, 15) is 24.6 Å². The van der Waals surface area contributed by atoms with Gasteiger partial charge in [0.25, 0.3) is 5.91 Å². The van der Waals surface area contributed by atoms with Crippen molar-refractivity contribution in [2.75, 3.05) is 13.2 Å². The van der Waals surface area contributed by atoms with E-state index in [-0.39, 0.29) is 13.2 Å².